The highest BCUT2D eigenvalue weighted by Crippen LogP contribution is 2.25. The Morgan fingerprint density at radius 2 is 1.81 bits per heavy atom. The molecule has 0 aliphatic rings. The van der Waals surface area contributed by atoms with E-state index >= 15 is 0 Å². The minimum absolute atomic E-state index is 0.0683. The first-order valence-corrected chi connectivity index (χ1v) is 7.27. The van der Waals surface area contributed by atoms with Gasteiger partial charge in [-0.05, 0) is 37.1 Å². The predicted octanol–water partition coefficient (Wildman–Crippen LogP) is 1.77. The quantitative estimate of drug-likeness (QED) is 0.890. The number of nitrogens with one attached hydrogen (secondary N) is 1. The molecule has 0 bridgehead atoms. The third-order valence-electron chi connectivity index (χ3n) is 2.10. The molecule has 0 spiro atoms. The normalized spacial score (nSPS) is 11.5. The van der Waals surface area contributed by atoms with Crippen LogP contribution in [-0.4, -0.2) is 20.7 Å². The van der Waals surface area contributed by atoms with Gasteiger partial charge >= 0.3 is 0 Å². The standard InChI is InChI=1S/C10H15BrN2O2S/c1-7-5-9(6-8(2)10(7)11)13-16(14,15)4-3-12/h5-6,13H,3-4,12H2,1-2H3. The maximum absolute atomic E-state index is 11.5. The number of hydrogen-bond donors (Lipinski definition) is 2. The zero-order chi connectivity index (χ0) is 12.3. The van der Waals surface area contributed by atoms with Crippen molar-refractivity contribution in [3.63, 3.8) is 0 Å². The molecule has 0 radical (unpaired) electrons. The van der Waals surface area contributed by atoms with Crippen LogP contribution in [0.4, 0.5) is 5.69 Å². The van der Waals surface area contributed by atoms with Crippen LogP contribution in [0.25, 0.3) is 0 Å². The van der Waals surface area contributed by atoms with Gasteiger partial charge in [0.05, 0.1) is 5.75 Å². The monoisotopic (exact) mass is 306 g/mol. The summed E-state index contributed by atoms with van der Waals surface area (Å²) in [4.78, 5) is 0. The molecule has 0 atom stereocenters. The fourth-order valence-corrected chi connectivity index (χ4v) is 2.51. The second kappa shape index (κ2) is 5.16. The van der Waals surface area contributed by atoms with E-state index < -0.39 is 10.0 Å². The second-order valence-corrected chi connectivity index (χ2v) is 6.27. The van der Waals surface area contributed by atoms with Crippen LogP contribution in [0.15, 0.2) is 16.6 Å². The summed E-state index contributed by atoms with van der Waals surface area (Å²) in [6, 6.07) is 3.57. The molecule has 3 N–H and O–H groups in total. The maximum Gasteiger partial charge on any atom is 0.233 e. The zero-order valence-corrected chi connectivity index (χ0v) is 11.7. The number of rotatable bonds is 4. The molecule has 0 saturated heterocycles. The number of hydrogen-bond acceptors (Lipinski definition) is 3. The van der Waals surface area contributed by atoms with Gasteiger partial charge in [-0.1, -0.05) is 15.9 Å². The molecule has 0 fully saturated rings. The Bertz CT molecular complexity index is 463. The van der Waals surface area contributed by atoms with Gasteiger partial charge in [0.15, 0.2) is 0 Å². The van der Waals surface area contributed by atoms with Gasteiger partial charge in [-0.25, -0.2) is 8.42 Å². The van der Waals surface area contributed by atoms with E-state index in [0.717, 1.165) is 15.6 Å². The summed E-state index contributed by atoms with van der Waals surface area (Å²) in [5, 5.41) is 0. The lowest BCUT2D eigenvalue weighted by molar-refractivity contribution is 0.601. The van der Waals surface area contributed by atoms with Crippen molar-refractivity contribution >= 4 is 31.6 Å². The van der Waals surface area contributed by atoms with Crippen LogP contribution in [0.3, 0.4) is 0 Å². The lowest BCUT2D eigenvalue weighted by Crippen LogP contribution is -2.22. The molecular formula is C10H15BrN2O2S. The molecule has 0 aromatic heterocycles. The van der Waals surface area contributed by atoms with E-state index in [1.807, 2.05) is 13.8 Å². The van der Waals surface area contributed by atoms with E-state index in [4.69, 9.17) is 5.73 Å². The summed E-state index contributed by atoms with van der Waals surface area (Å²) in [7, 11) is -3.32. The lowest BCUT2D eigenvalue weighted by Gasteiger charge is -2.10. The van der Waals surface area contributed by atoms with Crippen LogP contribution in [-0.2, 0) is 10.0 Å². The van der Waals surface area contributed by atoms with Crippen molar-refractivity contribution in [1.82, 2.24) is 0 Å². The van der Waals surface area contributed by atoms with E-state index in [0.29, 0.717) is 5.69 Å². The van der Waals surface area contributed by atoms with Gasteiger partial charge in [-0.3, -0.25) is 4.72 Å². The Morgan fingerprint density at radius 3 is 2.25 bits per heavy atom. The van der Waals surface area contributed by atoms with Crippen LogP contribution < -0.4 is 10.5 Å². The molecule has 1 aromatic carbocycles. The highest BCUT2D eigenvalue weighted by atomic mass is 79.9. The molecule has 0 aliphatic heterocycles. The molecule has 16 heavy (non-hydrogen) atoms. The van der Waals surface area contributed by atoms with Gasteiger partial charge in [0.1, 0.15) is 0 Å². The van der Waals surface area contributed by atoms with Crippen molar-refractivity contribution in [2.75, 3.05) is 17.0 Å². The summed E-state index contributed by atoms with van der Waals surface area (Å²) >= 11 is 3.43. The van der Waals surface area contributed by atoms with Crippen molar-refractivity contribution in [2.24, 2.45) is 5.73 Å². The number of aryl methyl sites for hydroxylation is 2. The summed E-state index contributed by atoms with van der Waals surface area (Å²) < 4.78 is 26.5. The highest BCUT2D eigenvalue weighted by Gasteiger charge is 2.10. The largest absolute Gasteiger partial charge is 0.329 e. The first-order chi connectivity index (χ1) is 7.35. The van der Waals surface area contributed by atoms with Crippen LogP contribution in [0.5, 0.6) is 0 Å². The van der Waals surface area contributed by atoms with E-state index in [9.17, 15) is 8.42 Å². The molecule has 0 unspecified atom stereocenters. The maximum atomic E-state index is 11.5. The molecule has 1 aromatic rings. The van der Waals surface area contributed by atoms with Crippen LogP contribution in [0.1, 0.15) is 11.1 Å². The zero-order valence-electron chi connectivity index (χ0n) is 9.25. The van der Waals surface area contributed by atoms with Crippen LogP contribution >= 0.6 is 15.9 Å². The minimum Gasteiger partial charge on any atom is -0.329 e. The molecule has 0 aliphatic carbocycles. The summed E-state index contributed by atoms with van der Waals surface area (Å²) in [6.07, 6.45) is 0. The van der Waals surface area contributed by atoms with Crippen molar-refractivity contribution in [2.45, 2.75) is 13.8 Å². The Kier molecular flexibility index (Phi) is 4.35. The minimum atomic E-state index is -3.32. The lowest BCUT2D eigenvalue weighted by atomic mass is 10.1. The van der Waals surface area contributed by atoms with Gasteiger partial charge in [-0.2, -0.15) is 0 Å². The van der Waals surface area contributed by atoms with Gasteiger partial charge in [0.25, 0.3) is 0 Å². The molecular weight excluding hydrogens is 292 g/mol. The van der Waals surface area contributed by atoms with E-state index in [1.54, 1.807) is 12.1 Å². The number of sulfonamides is 1. The van der Waals surface area contributed by atoms with Crippen LogP contribution in [0.2, 0.25) is 0 Å². The Morgan fingerprint density at radius 1 is 1.31 bits per heavy atom. The number of benzene rings is 1. The smallest absolute Gasteiger partial charge is 0.233 e. The highest BCUT2D eigenvalue weighted by molar-refractivity contribution is 9.10. The molecule has 90 valence electrons. The fraction of sp³-hybridized carbons (Fsp3) is 0.400. The molecule has 1 rings (SSSR count). The van der Waals surface area contributed by atoms with Crippen molar-refractivity contribution < 1.29 is 8.42 Å². The Balaban J connectivity index is 2.99. The molecule has 0 saturated carbocycles. The van der Waals surface area contributed by atoms with Crippen LogP contribution in [0, 0.1) is 13.8 Å². The fourth-order valence-electron chi connectivity index (χ4n) is 1.39. The molecule has 0 amide bonds. The Hall–Kier alpha value is -0.590. The number of nitrogens with two attached hydrogens (primary N) is 1. The van der Waals surface area contributed by atoms with Crippen molar-refractivity contribution in [1.29, 1.82) is 0 Å². The first kappa shape index (κ1) is 13.5. The predicted molar refractivity (Wildman–Crippen MR) is 70.1 cm³/mol. The summed E-state index contributed by atoms with van der Waals surface area (Å²) in [5.74, 6) is -0.0683. The van der Waals surface area contributed by atoms with Gasteiger partial charge in [0, 0.05) is 16.7 Å². The number of halogens is 1. The van der Waals surface area contributed by atoms with E-state index in [1.165, 1.54) is 0 Å². The summed E-state index contributed by atoms with van der Waals surface area (Å²) in [5.41, 5.74) is 7.78. The van der Waals surface area contributed by atoms with Crippen molar-refractivity contribution in [3.05, 3.63) is 27.7 Å². The van der Waals surface area contributed by atoms with E-state index in [-0.39, 0.29) is 12.3 Å². The SMILES string of the molecule is Cc1cc(NS(=O)(=O)CCN)cc(C)c1Br. The number of anilines is 1. The average Bonchev–Trinajstić information content (AvgIpc) is 2.13. The summed E-state index contributed by atoms with van der Waals surface area (Å²) in [6.45, 7) is 3.94. The third-order valence-corrected chi connectivity index (χ3v) is 4.67. The average molecular weight is 307 g/mol. The Labute approximate surface area is 104 Å². The van der Waals surface area contributed by atoms with Gasteiger partial charge in [-0.15, -0.1) is 0 Å². The molecule has 4 nitrogen and oxygen atoms in total. The third kappa shape index (κ3) is 3.47. The van der Waals surface area contributed by atoms with Gasteiger partial charge < -0.3 is 5.73 Å². The topological polar surface area (TPSA) is 72.2 Å². The first-order valence-electron chi connectivity index (χ1n) is 4.83. The molecule has 0 heterocycles. The van der Waals surface area contributed by atoms with Crippen molar-refractivity contribution in [3.8, 4) is 0 Å². The molecule has 6 heteroatoms. The van der Waals surface area contributed by atoms with Gasteiger partial charge in [0.2, 0.25) is 10.0 Å². The second-order valence-electron chi connectivity index (χ2n) is 3.63. The van der Waals surface area contributed by atoms with E-state index in [2.05, 4.69) is 20.7 Å².